The summed E-state index contributed by atoms with van der Waals surface area (Å²) in [5.74, 6) is -0.105. The Morgan fingerprint density at radius 3 is 2.86 bits per heavy atom. The Bertz CT molecular complexity index is 637. The van der Waals surface area contributed by atoms with Gasteiger partial charge in [-0.25, -0.2) is 0 Å². The Balaban J connectivity index is 1.77. The summed E-state index contributed by atoms with van der Waals surface area (Å²) < 4.78 is 0. The van der Waals surface area contributed by atoms with Crippen molar-refractivity contribution < 1.29 is 9.90 Å². The molecule has 0 atom stereocenters. The number of nitrogens with zero attached hydrogens (tertiary/aromatic N) is 1. The van der Waals surface area contributed by atoms with Crippen LogP contribution in [-0.4, -0.2) is 22.2 Å². The van der Waals surface area contributed by atoms with E-state index in [1.165, 1.54) is 30.7 Å². The molecule has 1 aromatic rings. The molecule has 1 saturated carbocycles. The molecule has 1 saturated heterocycles. The lowest BCUT2D eigenvalue weighted by molar-refractivity contribution is -0.115. The van der Waals surface area contributed by atoms with Gasteiger partial charge in [0.2, 0.25) is 0 Å². The van der Waals surface area contributed by atoms with Crippen LogP contribution >= 0.6 is 23.4 Å². The number of thioether (sulfide) groups is 1. The van der Waals surface area contributed by atoms with Crippen molar-refractivity contribution in [3.63, 3.8) is 0 Å². The molecule has 110 valence electrons. The van der Waals surface area contributed by atoms with Crippen LogP contribution in [0.3, 0.4) is 0 Å². The van der Waals surface area contributed by atoms with Crippen LogP contribution in [0.5, 0.6) is 5.75 Å². The van der Waals surface area contributed by atoms with E-state index in [2.05, 4.69) is 10.3 Å². The number of phenols is 1. The average molecular weight is 323 g/mol. The van der Waals surface area contributed by atoms with Gasteiger partial charge in [-0.2, -0.15) is 0 Å². The van der Waals surface area contributed by atoms with Crippen molar-refractivity contribution in [3.8, 4) is 5.75 Å². The van der Waals surface area contributed by atoms with Crippen molar-refractivity contribution in [2.24, 2.45) is 4.99 Å². The number of amides is 1. The third-order valence-corrected chi connectivity index (χ3v) is 4.77. The van der Waals surface area contributed by atoms with E-state index in [0.717, 1.165) is 18.4 Å². The Hall–Kier alpha value is -1.46. The van der Waals surface area contributed by atoms with Crippen LogP contribution in [0.2, 0.25) is 5.02 Å². The highest BCUT2D eigenvalue weighted by Crippen LogP contribution is 2.30. The third kappa shape index (κ3) is 3.41. The first kappa shape index (κ1) is 14.5. The Morgan fingerprint density at radius 2 is 2.14 bits per heavy atom. The second-order valence-electron chi connectivity index (χ2n) is 5.15. The minimum atomic E-state index is -0.138. The second-order valence-corrected chi connectivity index (χ2v) is 6.59. The summed E-state index contributed by atoms with van der Waals surface area (Å²) in [6.45, 7) is 0. The third-order valence-electron chi connectivity index (χ3n) is 3.54. The maximum atomic E-state index is 12.0. The zero-order valence-corrected chi connectivity index (χ0v) is 12.9. The zero-order chi connectivity index (χ0) is 14.8. The topological polar surface area (TPSA) is 61.7 Å². The molecular formula is C15H15ClN2O2S. The summed E-state index contributed by atoms with van der Waals surface area (Å²) in [6.07, 6.45) is 6.39. The lowest BCUT2D eigenvalue weighted by Gasteiger charge is -2.02. The van der Waals surface area contributed by atoms with Crippen LogP contribution in [0.1, 0.15) is 31.2 Å². The number of carbonyl (C=O) groups is 1. The predicted molar refractivity (Wildman–Crippen MR) is 86.5 cm³/mol. The summed E-state index contributed by atoms with van der Waals surface area (Å²) in [6, 6.07) is 5.20. The molecule has 1 aromatic carbocycles. The molecule has 2 aliphatic rings. The first-order valence-corrected chi connectivity index (χ1v) is 8.08. The number of aliphatic imine (C=N–C) groups is 1. The van der Waals surface area contributed by atoms with E-state index in [1.807, 2.05) is 0 Å². The molecule has 21 heavy (non-hydrogen) atoms. The van der Waals surface area contributed by atoms with Crippen LogP contribution in [0.4, 0.5) is 0 Å². The number of benzene rings is 1. The normalized spacial score (nSPS) is 23.2. The molecule has 0 aromatic heterocycles. The molecule has 1 aliphatic carbocycles. The lowest BCUT2D eigenvalue weighted by Crippen LogP contribution is -2.21. The molecule has 3 rings (SSSR count). The van der Waals surface area contributed by atoms with Gasteiger partial charge in [0, 0.05) is 0 Å². The summed E-state index contributed by atoms with van der Waals surface area (Å²) in [4.78, 5) is 17.1. The average Bonchev–Trinajstić information content (AvgIpc) is 3.05. The highest BCUT2D eigenvalue weighted by atomic mass is 35.5. The number of rotatable bonds is 2. The van der Waals surface area contributed by atoms with Crippen LogP contribution in [0.15, 0.2) is 28.1 Å². The number of phenolic OH excluding ortho intramolecular Hbond substituents is 1. The summed E-state index contributed by atoms with van der Waals surface area (Å²) in [5.41, 5.74) is 0.776. The molecule has 0 unspecified atom stereocenters. The maximum absolute atomic E-state index is 12.0. The van der Waals surface area contributed by atoms with Gasteiger partial charge in [-0.3, -0.25) is 9.79 Å². The van der Waals surface area contributed by atoms with Gasteiger partial charge >= 0.3 is 0 Å². The van der Waals surface area contributed by atoms with E-state index in [1.54, 1.807) is 18.2 Å². The Labute approximate surface area is 132 Å². The first-order valence-electron chi connectivity index (χ1n) is 6.89. The monoisotopic (exact) mass is 322 g/mol. The standard InChI is InChI=1S/C15H15ClN2O2S/c16-11-7-9(5-6-12(11)19)8-13-14(20)18-15(21-13)17-10-3-1-2-4-10/h5-8,10,19H,1-4H2,(H,17,18,20). The van der Waals surface area contributed by atoms with Crippen molar-refractivity contribution in [2.75, 3.05) is 0 Å². The summed E-state index contributed by atoms with van der Waals surface area (Å²) in [5, 5.41) is 13.2. The molecule has 2 N–H and O–H groups in total. The molecule has 1 heterocycles. The number of hydrogen-bond donors (Lipinski definition) is 2. The van der Waals surface area contributed by atoms with Gasteiger partial charge in [0.1, 0.15) is 5.75 Å². The molecular weight excluding hydrogens is 308 g/mol. The van der Waals surface area contributed by atoms with E-state index in [9.17, 15) is 9.90 Å². The Kier molecular flexibility index (Phi) is 4.22. The predicted octanol–water partition coefficient (Wildman–Crippen LogP) is 3.55. The van der Waals surface area contributed by atoms with Gasteiger partial charge in [0.05, 0.1) is 16.0 Å². The fourth-order valence-corrected chi connectivity index (χ4v) is 3.53. The number of amidine groups is 1. The van der Waals surface area contributed by atoms with Crippen LogP contribution in [-0.2, 0) is 4.79 Å². The fourth-order valence-electron chi connectivity index (χ4n) is 2.45. The van der Waals surface area contributed by atoms with Gasteiger partial charge < -0.3 is 10.4 Å². The zero-order valence-electron chi connectivity index (χ0n) is 11.3. The van der Waals surface area contributed by atoms with E-state index < -0.39 is 0 Å². The van der Waals surface area contributed by atoms with Gasteiger partial charge in [-0.15, -0.1) is 0 Å². The molecule has 2 fully saturated rings. The SMILES string of the molecule is O=C1NC(=NC2CCCC2)SC1=Cc1ccc(O)c(Cl)c1. The summed E-state index contributed by atoms with van der Waals surface area (Å²) >= 11 is 7.22. The highest BCUT2D eigenvalue weighted by Gasteiger charge is 2.25. The molecule has 0 bridgehead atoms. The van der Waals surface area contributed by atoms with Crippen molar-refractivity contribution >= 4 is 40.5 Å². The van der Waals surface area contributed by atoms with Crippen molar-refractivity contribution in [1.82, 2.24) is 5.32 Å². The highest BCUT2D eigenvalue weighted by molar-refractivity contribution is 8.18. The number of carbonyl (C=O) groups excluding carboxylic acids is 1. The maximum Gasteiger partial charge on any atom is 0.264 e. The minimum absolute atomic E-state index is 0.0332. The van der Waals surface area contributed by atoms with E-state index in [4.69, 9.17) is 11.6 Å². The molecule has 1 amide bonds. The molecule has 6 heteroatoms. The van der Waals surface area contributed by atoms with Gasteiger partial charge in [0.25, 0.3) is 5.91 Å². The number of nitrogens with one attached hydrogen (secondary N) is 1. The summed E-state index contributed by atoms with van der Waals surface area (Å²) in [7, 11) is 0. The largest absolute Gasteiger partial charge is 0.506 e. The quantitative estimate of drug-likeness (QED) is 0.819. The number of hydrogen-bond acceptors (Lipinski definition) is 4. The van der Waals surface area contributed by atoms with Crippen molar-refractivity contribution in [3.05, 3.63) is 33.7 Å². The molecule has 4 nitrogen and oxygen atoms in total. The van der Waals surface area contributed by atoms with Crippen LogP contribution in [0.25, 0.3) is 6.08 Å². The molecule has 0 radical (unpaired) electrons. The van der Waals surface area contributed by atoms with Crippen molar-refractivity contribution in [1.29, 1.82) is 0 Å². The van der Waals surface area contributed by atoms with Gasteiger partial charge in [0.15, 0.2) is 5.17 Å². The smallest absolute Gasteiger partial charge is 0.264 e. The van der Waals surface area contributed by atoms with Crippen molar-refractivity contribution in [2.45, 2.75) is 31.7 Å². The number of halogens is 1. The fraction of sp³-hybridized carbons (Fsp3) is 0.333. The van der Waals surface area contributed by atoms with Gasteiger partial charge in [-0.05, 0) is 48.4 Å². The lowest BCUT2D eigenvalue weighted by atomic mass is 10.2. The van der Waals surface area contributed by atoms with E-state index >= 15 is 0 Å². The van der Waals surface area contributed by atoms with Gasteiger partial charge in [-0.1, -0.05) is 30.5 Å². The Morgan fingerprint density at radius 1 is 1.38 bits per heavy atom. The molecule has 1 aliphatic heterocycles. The van der Waals surface area contributed by atoms with Crippen LogP contribution < -0.4 is 5.32 Å². The molecule has 0 spiro atoms. The van der Waals surface area contributed by atoms with E-state index in [-0.39, 0.29) is 16.7 Å². The first-order chi connectivity index (χ1) is 10.1. The second kappa shape index (κ2) is 6.12. The minimum Gasteiger partial charge on any atom is -0.506 e. The number of aromatic hydroxyl groups is 1. The van der Waals surface area contributed by atoms with E-state index in [0.29, 0.717) is 16.1 Å². The van der Waals surface area contributed by atoms with Crippen LogP contribution in [0, 0.1) is 0 Å².